The van der Waals surface area contributed by atoms with Gasteiger partial charge < -0.3 is 20.3 Å². The third-order valence-electron chi connectivity index (χ3n) is 9.87. The van der Waals surface area contributed by atoms with Gasteiger partial charge >= 0.3 is 0 Å². The van der Waals surface area contributed by atoms with Gasteiger partial charge in [0, 0.05) is 18.5 Å². The summed E-state index contributed by atoms with van der Waals surface area (Å²) in [6.07, 6.45) is 2.87. The number of hydrogen-bond donors (Lipinski definition) is 1. The molecule has 2 amide bonds. The summed E-state index contributed by atoms with van der Waals surface area (Å²) in [4.78, 5) is 31.2. The molecule has 0 aliphatic carbocycles. The zero-order valence-corrected chi connectivity index (χ0v) is 27.5. The van der Waals surface area contributed by atoms with Crippen LogP contribution in [0.1, 0.15) is 53.0 Å². The Morgan fingerprint density at radius 1 is 0.935 bits per heavy atom. The molecule has 0 saturated carbocycles. The van der Waals surface area contributed by atoms with E-state index in [9.17, 15) is 9.59 Å². The van der Waals surface area contributed by atoms with Crippen LogP contribution in [-0.2, 0) is 15.6 Å². The molecule has 3 aromatic carbocycles. The smallest absolute Gasteiger partial charge is 0.257 e. The Labute approximate surface area is 278 Å². The van der Waals surface area contributed by atoms with Crippen molar-refractivity contribution in [2.45, 2.75) is 43.4 Å². The number of rotatable bonds is 9. The van der Waals surface area contributed by atoms with Crippen LogP contribution >= 0.6 is 23.2 Å². The lowest BCUT2D eigenvalue weighted by Crippen LogP contribution is -2.50. The lowest BCUT2D eigenvalue weighted by molar-refractivity contribution is -0.125. The van der Waals surface area contributed by atoms with Crippen molar-refractivity contribution in [3.05, 3.63) is 99.3 Å². The Kier molecular flexibility index (Phi) is 9.05. The van der Waals surface area contributed by atoms with E-state index in [0.717, 1.165) is 43.6 Å². The van der Waals surface area contributed by atoms with Crippen molar-refractivity contribution in [2.75, 3.05) is 39.8 Å². The SMILES string of the molecule is COc1ccc(-n2nnnc2C)cc1C(=O)N1CCC(CCN2CCC(C(N)=O)(c3ccccc3)CC2)(c2ccc(Cl)c(Cl)c2)C1. The normalized spacial score (nSPS) is 19.7. The van der Waals surface area contributed by atoms with Crippen LogP contribution in [0.25, 0.3) is 5.69 Å². The summed E-state index contributed by atoms with van der Waals surface area (Å²) in [6.45, 7) is 5.16. The lowest BCUT2D eigenvalue weighted by atomic mass is 9.71. The van der Waals surface area contributed by atoms with E-state index < -0.39 is 5.41 Å². The number of ether oxygens (including phenoxy) is 1. The number of nitrogens with zero attached hydrogens (tertiary/aromatic N) is 6. The summed E-state index contributed by atoms with van der Waals surface area (Å²) in [5, 5.41) is 12.7. The number of primary amides is 1. The van der Waals surface area contributed by atoms with E-state index in [1.165, 1.54) is 0 Å². The Bertz CT molecular complexity index is 1740. The Morgan fingerprint density at radius 2 is 1.70 bits per heavy atom. The van der Waals surface area contributed by atoms with E-state index in [-0.39, 0.29) is 17.2 Å². The molecule has 2 aliphatic rings. The zero-order chi connectivity index (χ0) is 32.5. The number of hydrogen-bond acceptors (Lipinski definition) is 7. The van der Waals surface area contributed by atoms with Crippen LogP contribution in [0.5, 0.6) is 5.75 Å². The van der Waals surface area contributed by atoms with Crippen molar-refractivity contribution in [1.82, 2.24) is 30.0 Å². The zero-order valence-electron chi connectivity index (χ0n) is 26.0. The van der Waals surface area contributed by atoms with E-state index in [0.29, 0.717) is 58.8 Å². The number of nitrogens with two attached hydrogens (primary N) is 1. The highest BCUT2D eigenvalue weighted by Gasteiger charge is 2.44. The molecule has 0 bridgehead atoms. The molecular formula is C34H37Cl2N7O3. The fourth-order valence-electron chi connectivity index (χ4n) is 7.06. The molecule has 1 atom stereocenters. The van der Waals surface area contributed by atoms with Gasteiger partial charge in [-0.05, 0) is 104 Å². The van der Waals surface area contributed by atoms with Gasteiger partial charge in [-0.15, -0.1) is 5.10 Å². The molecule has 4 aromatic rings. The summed E-state index contributed by atoms with van der Waals surface area (Å²) in [5.41, 5.74) is 8.13. The van der Waals surface area contributed by atoms with E-state index in [4.69, 9.17) is 33.7 Å². The molecule has 3 heterocycles. The summed E-state index contributed by atoms with van der Waals surface area (Å²) < 4.78 is 7.19. The standard InChI is InChI=1S/C34H37Cl2N7O3/c1-23-38-39-40-43(23)26-9-11-30(46-2)27(21-26)31(44)42-19-13-33(22-42,25-8-10-28(35)29(36)20-25)12-16-41-17-14-34(15-18-41,32(37)45)24-6-4-3-5-7-24/h3-11,20-21H,12-19,22H2,1-2H3,(H2,37,45). The Balaban J connectivity index is 1.23. The number of likely N-dealkylation sites (tertiary alicyclic amines) is 2. The van der Waals surface area contributed by atoms with Crippen molar-refractivity contribution in [1.29, 1.82) is 0 Å². The van der Waals surface area contributed by atoms with Crippen LogP contribution in [0.4, 0.5) is 0 Å². The highest BCUT2D eigenvalue weighted by Crippen LogP contribution is 2.42. The van der Waals surface area contributed by atoms with Gasteiger partial charge in [0.05, 0.1) is 33.8 Å². The highest BCUT2D eigenvalue weighted by atomic mass is 35.5. The quantitative estimate of drug-likeness (QED) is 0.269. The van der Waals surface area contributed by atoms with Gasteiger partial charge in [0.25, 0.3) is 5.91 Å². The average molecular weight is 663 g/mol. The van der Waals surface area contributed by atoms with E-state index in [1.807, 2.05) is 59.5 Å². The van der Waals surface area contributed by atoms with Gasteiger partial charge in [-0.3, -0.25) is 9.59 Å². The summed E-state index contributed by atoms with van der Waals surface area (Å²) in [7, 11) is 1.56. The van der Waals surface area contributed by atoms with E-state index in [1.54, 1.807) is 30.8 Å². The average Bonchev–Trinajstić information content (AvgIpc) is 3.72. The van der Waals surface area contributed by atoms with Crippen LogP contribution in [0.15, 0.2) is 66.7 Å². The largest absolute Gasteiger partial charge is 0.496 e. The second-order valence-electron chi connectivity index (χ2n) is 12.3. The maximum Gasteiger partial charge on any atom is 0.257 e. The van der Waals surface area contributed by atoms with Gasteiger partial charge in [0.15, 0.2) is 5.82 Å². The van der Waals surface area contributed by atoms with Crippen LogP contribution < -0.4 is 10.5 Å². The predicted molar refractivity (Wildman–Crippen MR) is 177 cm³/mol. The van der Waals surface area contributed by atoms with Crippen molar-refractivity contribution < 1.29 is 14.3 Å². The first-order chi connectivity index (χ1) is 22.2. The first-order valence-corrected chi connectivity index (χ1v) is 16.2. The number of amides is 2. The Morgan fingerprint density at radius 3 is 2.35 bits per heavy atom. The summed E-state index contributed by atoms with van der Waals surface area (Å²) >= 11 is 12.9. The minimum atomic E-state index is -0.663. The maximum atomic E-state index is 14.1. The van der Waals surface area contributed by atoms with Crippen molar-refractivity contribution in [2.24, 2.45) is 5.73 Å². The van der Waals surface area contributed by atoms with Crippen LogP contribution in [-0.4, -0.2) is 81.7 Å². The minimum Gasteiger partial charge on any atom is -0.496 e. The molecule has 46 heavy (non-hydrogen) atoms. The minimum absolute atomic E-state index is 0.126. The van der Waals surface area contributed by atoms with Crippen LogP contribution in [0.3, 0.4) is 0 Å². The first-order valence-electron chi connectivity index (χ1n) is 15.4. The van der Waals surface area contributed by atoms with Crippen molar-refractivity contribution in [3.8, 4) is 11.4 Å². The fraction of sp³-hybridized carbons (Fsp3) is 0.382. The monoisotopic (exact) mass is 661 g/mol. The predicted octanol–water partition coefficient (Wildman–Crippen LogP) is 4.98. The first kappa shape index (κ1) is 32.0. The molecule has 2 fully saturated rings. The third-order valence-corrected chi connectivity index (χ3v) is 10.6. The molecule has 12 heteroatoms. The molecule has 240 valence electrons. The van der Waals surface area contributed by atoms with Gasteiger partial charge in [-0.25, -0.2) is 0 Å². The number of methoxy groups -OCH3 is 1. The molecule has 0 spiro atoms. The summed E-state index contributed by atoms with van der Waals surface area (Å²) in [6, 6.07) is 21.0. The van der Waals surface area contributed by atoms with E-state index in [2.05, 4.69) is 20.4 Å². The molecule has 10 nitrogen and oxygen atoms in total. The van der Waals surface area contributed by atoms with Crippen LogP contribution in [0.2, 0.25) is 10.0 Å². The lowest BCUT2D eigenvalue weighted by Gasteiger charge is -2.41. The number of tetrazole rings is 1. The molecule has 2 N–H and O–H groups in total. The molecular weight excluding hydrogens is 625 g/mol. The van der Waals surface area contributed by atoms with Crippen molar-refractivity contribution >= 4 is 35.0 Å². The number of aromatic nitrogens is 4. The molecule has 6 rings (SSSR count). The number of benzene rings is 3. The summed E-state index contributed by atoms with van der Waals surface area (Å²) in [5.74, 6) is 0.692. The number of carbonyl (C=O) groups excluding carboxylic acids is 2. The van der Waals surface area contributed by atoms with Gasteiger partial charge in [0.1, 0.15) is 5.75 Å². The number of aryl methyl sites for hydroxylation is 1. The third kappa shape index (κ3) is 5.97. The number of piperidine rings is 1. The fourth-order valence-corrected chi connectivity index (χ4v) is 7.35. The highest BCUT2D eigenvalue weighted by molar-refractivity contribution is 6.42. The van der Waals surface area contributed by atoms with Gasteiger partial charge in [0.2, 0.25) is 5.91 Å². The number of halogens is 2. The molecule has 1 unspecified atom stereocenters. The van der Waals surface area contributed by atoms with E-state index >= 15 is 0 Å². The molecule has 2 saturated heterocycles. The van der Waals surface area contributed by atoms with Crippen molar-refractivity contribution in [3.63, 3.8) is 0 Å². The number of carbonyl (C=O) groups is 2. The Hall–Kier alpha value is -3.99. The molecule has 1 aromatic heterocycles. The molecule has 0 radical (unpaired) electrons. The van der Waals surface area contributed by atoms with Gasteiger partial charge in [-0.1, -0.05) is 59.6 Å². The van der Waals surface area contributed by atoms with Crippen LogP contribution in [0, 0.1) is 6.92 Å². The maximum absolute atomic E-state index is 14.1. The second kappa shape index (κ2) is 13.0. The van der Waals surface area contributed by atoms with Gasteiger partial charge in [-0.2, -0.15) is 4.68 Å². The topological polar surface area (TPSA) is 119 Å². The second-order valence-corrected chi connectivity index (χ2v) is 13.1. The molecule has 2 aliphatic heterocycles.